The first kappa shape index (κ1) is 20.8. The van der Waals surface area contributed by atoms with E-state index >= 15 is 0 Å². The van der Waals surface area contributed by atoms with Gasteiger partial charge in [-0.1, -0.05) is 56.3 Å². The molecule has 2 amide bonds. The number of hydrogen-bond donors (Lipinski definition) is 1. The Balaban J connectivity index is 1.58. The molecule has 1 atom stereocenters. The lowest BCUT2D eigenvalue weighted by atomic mass is 10.0. The molecule has 1 N–H and O–H groups in total. The fourth-order valence-corrected chi connectivity index (χ4v) is 3.59. The van der Waals surface area contributed by atoms with Gasteiger partial charge in [-0.25, -0.2) is 4.39 Å². The number of halogens is 1. The van der Waals surface area contributed by atoms with E-state index in [0.29, 0.717) is 31.9 Å². The van der Waals surface area contributed by atoms with Crippen molar-refractivity contribution in [2.24, 2.45) is 5.92 Å². The first-order chi connectivity index (χ1) is 14.0. The van der Waals surface area contributed by atoms with E-state index in [0.717, 1.165) is 5.56 Å². The summed E-state index contributed by atoms with van der Waals surface area (Å²) in [6, 6.07) is 15.6. The zero-order chi connectivity index (χ0) is 20.8. The highest BCUT2D eigenvalue weighted by molar-refractivity contribution is 5.88. The smallest absolute Gasteiger partial charge is 0.245 e. The Morgan fingerprint density at radius 2 is 1.59 bits per heavy atom. The maximum atomic E-state index is 14.0. The van der Waals surface area contributed by atoms with Crippen LogP contribution in [0.15, 0.2) is 54.6 Å². The van der Waals surface area contributed by atoms with Crippen LogP contribution in [0.4, 0.5) is 10.1 Å². The number of benzene rings is 2. The number of carbonyl (C=O) groups is 2. The average Bonchev–Trinajstić information content (AvgIpc) is 2.72. The molecule has 2 aromatic carbocycles. The average molecular weight is 397 g/mol. The van der Waals surface area contributed by atoms with Crippen LogP contribution in [0.3, 0.4) is 0 Å². The highest BCUT2D eigenvalue weighted by Gasteiger charge is 2.31. The molecule has 1 saturated heterocycles. The molecule has 154 valence electrons. The van der Waals surface area contributed by atoms with Gasteiger partial charge in [0, 0.05) is 26.2 Å². The van der Waals surface area contributed by atoms with Crippen LogP contribution in [0.25, 0.3) is 0 Å². The molecule has 0 radical (unpaired) electrons. The molecule has 2 aromatic rings. The first-order valence-electron chi connectivity index (χ1n) is 10.1. The number of amides is 2. The molecular formula is C23H28FN3O2. The van der Waals surface area contributed by atoms with Crippen LogP contribution in [0.1, 0.15) is 19.4 Å². The van der Waals surface area contributed by atoms with E-state index in [9.17, 15) is 14.0 Å². The Morgan fingerprint density at radius 3 is 2.21 bits per heavy atom. The Hall–Kier alpha value is -2.89. The maximum absolute atomic E-state index is 14.0. The van der Waals surface area contributed by atoms with Crippen molar-refractivity contribution in [1.82, 2.24) is 10.2 Å². The van der Waals surface area contributed by atoms with Crippen molar-refractivity contribution in [2.45, 2.75) is 26.3 Å². The number of rotatable bonds is 6. The van der Waals surface area contributed by atoms with E-state index < -0.39 is 6.04 Å². The summed E-state index contributed by atoms with van der Waals surface area (Å²) in [5.74, 6) is -0.504. The third kappa shape index (κ3) is 5.34. The number of piperazine rings is 1. The Bertz CT molecular complexity index is 833. The fraction of sp³-hybridized carbons (Fsp3) is 0.391. The number of hydrogen-bond acceptors (Lipinski definition) is 3. The molecule has 0 saturated carbocycles. The predicted molar refractivity (Wildman–Crippen MR) is 112 cm³/mol. The predicted octanol–water partition coefficient (Wildman–Crippen LogP) is 2.86. The minimum Gasteiger partial charge on any atom is -0.366 e. The van der Waals surface area contributed by atoms with E-state index in [1.807, 2.05) is 55.1 Å². The van der Waals surface area contributed by atoms with Crippen LogP contribution in [-0.4, -0.2) is 48.9 Å². The van der Waals surface area contributed by atoms with Gasteiger partial charge in [0.25, 0.3) is 0 Å². The van der Waals surface area contributed by atoms with Crippen LogP contribution < -0.4 is 10.2 Å². The topological polar surface area (TPSA) is 52.7 Å². The highest BCUT2D eigenvalue weighted by atomic mass is 19.1. The van der Waals surface area contributed by atoms with E-state index in [2.05, 4.69) is 5.32 Å². The zero-order valence-corrected chi connectivity index (χ0v) is 17.0. The van der Waals surface area contributed by atoms with E-state index in [1.54, 1.807) is 17.0 Å². The third-order valence-corrected chi connectivity index (χ3v) is 5.24. The molecule has 1 heterocycles. The van der Waals surface area contributed by atoms with Gasteiger partial charge >= 0.3 is 0 Å². The van der Waals surface area contributed by atoms with Crippen molar-refractivity contribution in [3.8, 4) is 0 Å². The minimum absolute atomic E-state index is 0.0215. The van der Waals surface area contributed by atoms with Crippen molar-refractivity contribution in [2.75, 3.05) is 31.1 Å². The van der Waals surface area contributed by atoms with Gasteiger partial charge in [-0.15, -0.1) is 0 Å². The molecule has 0 aliphatic carbocycles. The number of nitrogens with one attached hydrogen (secondary N) is 1. The van der Waals surface area contributed by atoms with Gasteiger partial charge in [0.1, 0.15) is 11.9 Å². The summed E-state index contributed by atoms with van der Waals surface area (Å²) in [4.78, 5) is 29.2. The minimum atomic E-state index is -0.564. The quantitative estimate of drug-likeness (QED) is 0.816. The fourth-order valence-electron chi connectivity index (χ4n) is 3.59. The summed E-state index contributed by atoms with van der Waals surface area (Å²) in [7, 11) is 0. The summed E-state index contributed by atoms with van der Waals surface area (Å²) < 4.78 is 14.0. The lowest BCUT2D eigenvalue weighted by Gasteiger charge is -2.38. The second-order valence-corrected chi connectivity index (χ2v) is 7.72. The SMILES string of the molecule is CC(C)[C@H](NC(=O)Cc1ccccc1)C(=O)N1CCN(c2ccccc2F)CC1. The van der Waals surface area contributed by atoms with Gasteiger partial charge in [-0.05, 0) is 23.6 Å². The van der Waals surface area contributed by atoms with Crippen molar-refractivity contribution in [1.29, 1.82) is 0 Å². The third-order valence-electron chi connectivity index (χ3n) is 5.24. The molecule has 5 nitrogen and oxygen atoms in total. The second kappa shape index (κ2) is 9.54. The lowest BCUT2D eigenvalue weighted by Crippen LogP contribution is -2.56. The first-order valence-corrected chi connectivity index (χ1v) is 10.1. The van der Waals surface area contributed by atoms with Crippen LogP contribution >= 0.6 is 0 Å². The van der Waals surface area contributed by atoms with Crippen molar-refractivity contribution < 1.29 is 14.0 Å². The number of para-hydroxylation sites is 1. The van der Waals surface area contributed by atoms with Crippen molar-refractivity contribution in [3.05, 3.63) is 66.0 Å². The normalized spacial score (nSPS) is 15.3. The molecule has 29 heavy (non-hydrogen) atoms. The van der Waals surface area contributed by atoms with Crippen LogP contribution in [0.5, 0.6) is 0 Å². The molecular weight excluding hydrogens is 369 g/mol. The van der Waals surface area contributed by atoms with Gasteiger partial charge in [0.2, 0.25) is 11.8 Å². The van der Waals surface area contributed by atoms with Gasteiger partial charge < -0.3 is 15.1 Å². The molecule has 0 aromatic heterocycles. The maximum Gasteiger partial charge on any atom is 0.245 e. The molecule has 1 aliphatic rings. The summed E-state index contributed by atoms with van der Waals surface area (Å²) in [6.45, 7) is 6.00. The summed E-state index contributed by atoms with van der Waals surface area (Å²) in [6.07, 6.45) is 0.248. The van der Waals surface area contributed by atoms with Crippen LogP contribution in [0.2, 0.25) is 0 Å². The molecule has 0 spiro atoms. The number of anilines is 1. The van der Waals surface area contributed by atoms with Gasteiger partial charge in [0.15, 0.2) is 0 Å². The highest BCUT2D eigenvalue weighted by Crippen LogP contribution is 2.20. The van der Waals surface area contributed by atoms with Crippen LogP contribution in [0, 0.1) is 11.7 Å². The van der Waals surface area contributed by atoms with E-state index in [-0.39, 0.29) is 30.0 Å². The summed E-state index contributed by atoms with van der Waals surface area (Å²) >= 11 is 0. The molecule has 0 unspecified atom stereocenters. The number of carbonyl (C=O) groups excluding carboxylic acids is 2. The van der Waals surface area contributed by atoms with Gasteiger partial charge in [-0.3, -0.25) is 9.59 Å². The van der Waals surface area contributed by atoms with Gasteiger partial charge in [-0.2, -0.15) is 0 Å². The molecule has 1 aliphatic heterocycles. The van der Waals surface area contributed by atoms with Crippen molar-refractivity contribution in [3.63, 3.8) is 0 Å². The van der Waals surface area contributed by atoms with Gasteiger partial charge in [0.05, 0.1) is 12.1 Å². The zero-order valence-electron chi connectivity index (χ0n) is 17.0. The molecule has 1 fully saturated rings. The van der Waals surface area contributed by atoms with Crippen molar-refractivity contribution >= 4 is 17.5 Å². The Labute approximate surface area is 171 Å². The largest absolute Gasteiger partial charge is 0.366 e. The molecule has 6 heteroatoms. The Kier molecular flexibility index (Phi) is 6.86. The van der Waals surface area contributed by atoms with E-state index in [4.69, 9.17) is 0 Å². The summed E-state index contributed by atoms with van der Waals surface area (Å²) in [5, 5.41) is 2.91. The molecule has 0 bridgehead atoms. The Morgan fingerprint density at radius 1 is 0.966 bits per heavy atom. The van der Waals surface area contributed by atoms with Crippen LogP contribution in [-0.2, 0) is 16.0 Å². The molecule has 3 rings (SSSR count). The second-order valence-electron chi connectivity index (χ2n) is 7.72. The number of nitrogens with zero attached hydrogens (tertiary/aromatic N) is 2. The van der Waals surface area contributed by atoms with E-state index in [1.165, 1.54) is 6.07 Å². The monoisotopic (exact) mass is 397 g/mol. The standard InChI is InChI=1S/C23H28FN3O2/c1-17(2)22(25-21(28)16-18-8-4-3-5-9-18)23(29)27-14-12-26(13-15-27)20-11-7-6-10-19(20)24/h3-11,17,22H,12-16H2,1-2H3,(H,25,28)/t22-/m0/s1. The summed E-state index contributed by atoms with van der Waals surface area (Å²) in [5.41, 5.74) is 1.48. The lowest BCUT2D eigenvalue weighted by molar-refractivity contribution is -0.137.